The monoisotopic (exact) mass is 419 g/mol. The van der Waals surface area contributed by atoms with Crippen LogP contribution in [0, 0.1) is 0 Å². The van der Waals surface area contributed by atoms with Gasteiger partial charge in [-0.05, 0) is 49.7 Å². The SMILES string of the molecule is CN(CC(=O)N(Cc1ccccc1)Cc1ccco1)CC1CCCN1c1cccnn1. The van der Waals surface area contributed by atoms with Crippen LogP contribution >= 0.6 is 0 Å². The number of benzene rings is 1. The lowest BCUT2D eigenvalue weighted by atomic mass is 10.2. The highest BCUT2D eigenvalue weighted by Gasteiger charge is 2.28. The van der Waals surface area contributed by atoms with Gasteiger partial charge in [-0.25, -0.2) is 0 Å². The number of amides is 1. The first-order valence-electron chi connectivity index (χ1n) is 10.8. The van der Waals surface area contributed by atoms with Crippen molar-refractivity contribution in [2.75, 3.05) is 31.6 Å². The van der Waals surface area contributed by atoms with Crippen LogP contribution in [0.25, 0.3) is 0 Å². The minimum absolute atomic E-state index is 0.0896. The zero-order chi connectivity index (χ0) is 21.5. The fraction of sp³-hybridized carbons (Fsp3) is 0.375. The number of hydrogen-bond acceptors (Lipinski definition) is 6. The summed E-state index contributed by atoms with van der Waals surface area (Å²) in [4.78, 5) is 19.5. The molecular weight excluding hydrogens is 390 g/mol. The summed E-state index contributed by atoms with van der Waals surface area (Å²) < 4.78 is 5.50. The zero-order valence-corrected chi connectivity index (χ0v) is 17.9. The van der Waals surface area contributed by atoms with Crippen molar-refractivity contribution in [3.8, 4) is 0 Å². The standard InChI is InChI=1S/C24H29N5O2/c1-27(17-21-10-6-14-29(21)23-12-5-13-25-26-23)19-24(30)28(18-22-11-7-15-31-22)16-20-8-3-2-4-9-20/h2-5,7-9,11-13,15,21H,6,10,14,16-19H2,1H3. The molecular formula is C24H29N5O2. The highest BCUT2D eigenvalue weighted by molar-refractivity contribution is 5.78. The van der Waals surface area contributed by atoms with Crippen molar-refractivity contribution in [3.63, 3.8) is 0 Å². The van der Waals surface area contributed by atoms with Crippen LogP contribution < -0.4 is 4.90 Å². The summed E-state index contributed by atoms with van der Waals surface area (Å²) >= 11 is 0. The lowest BCUT2D eigenvalue weighted by molar-refractivity contribution is -0.133. The van der Waals surface area contributed by atoms with Gasteiger partial charge in [0.15, 0.2) is 5.82 Å². The Bertz CT molecular complexity index is 933. The largest absolute Gasteiger partial charge is 0.467 e. The number of carbonyl (C=O) groups excluding carboxylic acids is 1. The molecule has 1 fully saturated rings. The molecule has 0 saturated carbocycles. The first-order chi connectivity index (χ1) is 15.2. The van der Waals surface area contributed by atoms with Crippen molar-refractivity contribution in [1.82, 2.24) is 20.0 Å². The van der Waals surface area contributed by atoms with Crippen molar-refractivity contribution in [1.29, 1.82) is 0 Å². The van der Waals surface area contributed by atoms with Crippen molar-refractivity contribution in [2.45, 2.75) is 32.0 Å². The van der Waals surface area contributed by atoms with E-state index in [9.17, 15) is 4.79 Å². The zero-order valence-electron chi connectivity index (χ0n) is 17.9. The number of rotatable bonds is 9. The first kappa shape index (κ1) is 21.1. The van der Waals surface area contributed by atoms with Crippen LogP contribution in [0.3, 0.4) is 0 Å². The van der Waals surface area contributed by atoms with E-state index in [0.717, 1.165) is 43.1 Å². The normalized spacial score (nSPS) is 16.1. The fourth-order valence-corrected chi connectivity index (χ4v) is 4.16. The van der Waals surface area contributed by atoms with Crippen molar-refractivity contribution in [3.05, 3.63) is 78.4 Å². The maximum absolute atomic E-state index is 13.2. The molecule has 0 bridgehead atoms. The average molecular weight is 420 g/mol. The molecule has 1 atom stereocenters. The summed E-state index contributed by atoms with van der Waals surface area (Å²) in [5, 5.41) is 8.28. The Morgan fingerprint density at radius 2 is 2.00 bits per heavy atom. The van der Waals surface area contributed by atoms with Gasteiger partial charge in [-0.1, -0.05) is 30.3 Å². The van der Waals surface area contributed by atoms with Crippen LogP contribution in [0.4, 0.5) is 5.82 Å². The molecule has 1 unspecified atom stereocenters. The van der Waals surface area contributed by atoms with E-state index in [-0.39, 0.29) is 5.91 Å². The lowest BCUT2D eigenvalue weighted by Gasteiger charge is -2.30. The van der Waals surface area contributed by atoms with Crippen LogP contribution in [0.1, 0.15) is 24.2 Å². The maximum Gasteiger partial charge on any atom is 0.237 e. The molecule has 1 saturated heterocycles. The van der Waals surface area contributed by atoms with Gasteiger partial charge in [0.2, 0.25) is 5.91 Å². The molecule has 1 amide bonds. The molecule has 7 heteroatoms. The van der Waals surface area contributed by atoms with E-state index in [1.165, 1.54) is 0 Å². The number of hydrogen-bond donors (Lipinski definition) is 0. The van der Waals surface area contributed by atoms with E-state index < -0.39 is 0 Å². The van der Waals surface area contributed by atoms with Gasteiger partial charge in [-0.2, -0.15) is 5.10 Å². The van der Waals surface area contributed by atoms with Crippen molar-refractivity contribution >= 4 is 11.7 Å². The summed E-state index contributed by atoms with van der Waals surface area (Å²) in [5.41, 5.74) is 1.11. The summed E-state index contributed by atoms with van der Waals surface area (Å²) in [7, 11) is 2.01. The van der Waals surface area contributed by atoms with Gasteiger partial charge in [0.05, 0.1) is 19.4 Å². The third-order valence-electron chi connectivity index (χ3n) is 5.65. The highest BCUT2D eigenvalue weighted by atomic mass is 16.3. The van der Waals surface area contributed by atoms with E-state index >= 15 is 0 Å². The third-order valence-corrected chi connectivity index (χ3v) is 5.65. The van der Waals surface area contributed by atoms with E-state index in [2.05, 4.69) is 20.0 Å². The quantitative estimate of drug-likeness (QED) is 0.531. The Hall–Kier alpha value is -3.19. The summed E-state index contributed by atoms with van der Waals surface area (Å²) in [5.74, 6) is 1.79. The van der Waals surface area contributed by atoms with Gasteiger partial charge in [0.1, 0.15) is 5.76 Å². The number of furan rings is 1. The molecule has 0 N–H and O–H groups in total. The smallest absolute Gasteiger partial charge is 0.237 e. The molecule has 7 nitrogen and oxygen atoms in total. The Balaban J connectivity index is 1.38. The molecule has 3 heterocycles. The number of aromatic nitrogens is 2. The van der Waals surface area contributed by atoms with Crippen LogP contribution in [-0.2, 0) is 17.9 Å². The molecule has 31 heavy (non-hydrogen) atoms. The van der Waals surface area contributed by atoms with Gasteiger partial charge in [-0.3, -0.25) is 9.69 Å². The number of carbonyl (C=O) groups is 1. The van der Waals surface area contributed by atoms with Crippen LogP contribution in [0.5, 0.6) is 0 Å². The van der Waals surface area contributed by atoms with Crippen LogP contribution in [0.2, 0.25) is 0 Å². The second kappa shape index (κ2) is 10.2. The maximum atomic E-state index is 13.2. The topological polar surface area (TPSA) is 65.7 Å². The molecule has 3 aromatic rings. The van der Waals surface area contributed by atoms with Crippen LogP contribution in [-0.4, -0.2) is 58.6 Å². The Kier molecular flexibility index (Phi) is 6.94. The first-order valence-corrected chi connectivity index (χ1v) is 10.8. The second-order valence-electron chi connectivity index (χ2n) is 8.08. The van der Waals surface area contributed by atoms with E-state index in [0.29, 0.717) is 25.7 Å². The molecule has 0 radical (unpaired) electrons. The minimum atomic E-state index is 0.0896. The Labute approximate surface area is 183 Å². The Morgan fingerprint density at radius 1 is 1.13 bits per heavy atom. The molecule has 0 spiro atoms. The molecule has 2 aromatic heterocycles. The third kappa shape index (κ3) is 5.70. The molecule has 162 valence electrons. The van der Waals surface area contributed by atoms with Gasteiger partial charge >= 0.3 is 0 Å². The lowest BCUT2D eigenvalue weighted by Crippen LogP contribution is -2.44. The van der Waals surface area contributed by atoms with Gasteiger partial charge in [-0.15, -0.1) is 5.10 Å². The van der Waals surface area contributed by atoms with E-state index in [1.54, 1.807) is 12.5 Å². The van der Waals surface area contributed by atoms with E-state index in [1.807, 2.05) is 66.5 Å². The Morgan fingerprint density at radius 3 is 2.74 bits per heavy atom. The van der Waals surface area contributed by atoms with Gasteiger partial charge in [0, 0.05) is 31.9 Å². The minimum Gasteiger partial charge on any atom is -0.467 e. The number of anilines is 1. The van der Waals surface area contributed by atoms with Gasteiger partial charge < -0.3 is 14.2 Å². The van der Waals surface area contributed by atoms with Gasteiger partial charge in [0.25, 0.3) is 0 Å². The number of nitrogens with zero attached hydrogens (tertiary/aromatic N) is 5. The number of likely N-dealkylation sites (N-methyl/N-ethyl adjacent to an activating group) is 1. The second-order valence-corrected chi connectivity index (χ2v) is 8.08. The molecule has 1 aliphatic heterocycles. The van der Waals surface area contributed by atoms with E-state index in [4.69, 9.17) is 4.42 Å². The fourth-order valence-electron chi connectivity index (χ4n) is 4.16. The molecule has 1 aliphatic rings. The van der Waals surface area contributed by atoms with Crippen LogP contribution in [0.15, 0.2) is 71.5 Å². The molecule has 4 rings (SSSR count). The highest BCUT2D eigenvalue weighted by Crippen LogP contribution is 2.23. The van der Waals surface area contributed by atoms with Crippen molar-refractivity contribution < 1.29 is 9.21 Å². The average Bonchev–Trinajstić information content (AvgIpc) is 3.47. The summed E-state index contributed by atoms with van der Waals surface area (Å²) in [6.45, 7) is 3.16. The molecule has 0 aliphatic carbocycles. The summed E-state index contributed by atoms with van der Waals surface area (Å²) in [6, 6.07) is 18.1. The predicted octanol–water partition coefficient (Wildman–Crippen LogP) is 3.20. The summed E-state index contributed by atoms with van der Waals surface area (Å²) in [6.07, 6.45) is 5.56. The van der Waals surface area contributed by atoms with Crippen molar-refractivity contribution in [2.24, 2.45) is 0 Å². The predicted molar refractivity (Wildman–Crippen MR) is 119 cm³/mol. The molecule has 1 aromatic carbocycles.